The molecule has 1 aromatic carbocycles. The van der Waals surface area contributed by atoms with E-state index in [4.69, 9.17) is 5.11 Å². The first kappa shape index (κ1) is 12.7. The van der Waals surface area contributed by atoms with Crippen molar-refractivity contribution in [1.29, 1.82) is 0 Å². The monoisotopic (exact) mass is 244 g/mol. The minimum absolute atomic E-state index is 0.428. The van der Waals surface area contributed by atoms with Crippen LogP contribution in [0, 0.1) is 11.6 Å². The Labute approximate surface area is 96.0 Å². The molecule has 0 radical (unpaired) electrons. The SMILES string of the molecule is CC(=CC(=O)O)CSc1ccc(F)c(F)c1. The number of aliphatic carboxylic acids is 1. The van der Waals surface area contributed by atoms with Crippen LogP contribution in [0.4, 0.5) is 8.78 Å². The molecule has 0 unspecified atom stereocenters. The van der Waals surface area contributed by atoms with Gasteiger partial charge in [-0.05, 0) is 25.1 Å². The zero-order chi connectivity index (χ0) is 12.1. The molecule has 0 spiro atoms. The molecule has 1 rings (SSSR count). The lowest BCUT2D eigenvalue weighted by atomic mass is 10.3. The largest absolute Gasteiger partial charge is 0.478 e. The fourth-order valence-corrected chi connectivity index (χ4v) is 1.85. The van der Waals surface area contributed by atoms with Crippen molar-refractivity contribution in [2.75, 3.05) is 5.75 Å². The van der Waals surface area contributed by atoms with Gasteiger partial charge in [-0.1, -0.05) is 5.57 Å². The van der Waals surface area contributed by atoms with Crippen LogP contribution in [-0.2, 0) is 4.79 Å². The predicted molar refractivity (Wildman–Crippen MR) is 58.5 cm³/mol. The van der Waals surface area contributed by atoms with E-state index in [0.717, 1.165) is 18.2 Å². The topological polar surface area (TPSA) is 37.3 Å². The maximum Gasteiger partial charge on any atom is 0.328 e. The van der Waals surface area contributed by atoms with Gasteiger partial charge in [0, 0.05) is 16.7 Å². The van der Waals surface area contributed by atoms with Crippen LogP contribution in [0.25, 0.3) is 0 Å². The number of carboxylic acid groups (broad SMARTS) is 1. The quantitative estimate of drug-likeness (QED) is 0.653. The lowest BCUT2D eigenvalue weighted by Crippen LogP contribution is -1.92. The maximum absolute atomic E-state index is 12.8. The van der Waals surface area contributed by atoms with Crippen LogP contribution in [0.5, 0.6) is 0 Å². The summed E-state index contributed by atoms with van der Waals surface area (Å²) in [6.45, 7) is 1.67. The number of carboxylic acids is 1. The van der Waals surface area contributed by atoms with E-state index in [2.05, 4.69) is 0 Å². The van der Waals surface area contributed by atoms with Gasteiger partial charge in [0.05, 0.1) is 0 Å². The van der Waals surface area contributed by atoms with Gasteiger partial charge in [-0.25, -0.2) is 13.6 Å². The minimum atomic E-state index is -1.01. The molecule has 2 nitrogen and oxygen atoms in total. The van der Waals surface area contributed by atoms with Gasteiger partial charge < -0.3 is 5.11 Å². The Kier molecular flexibility index (Phi) is 4.49. The summed E-state index contributed by atoms with van der Waals surface area (Å²) in [5.41, 5.74) is 0.655. The third-order valence-corrected chi connectivity index (χ3v) is 2.91. The Balaban J connectivity index is 2.61. The molecular formula is C11H10F2O2S. The summed E-state index contributed by atoms with van der Waals surface area (Å²) in [7, 11) is 0. The first-order chi connectivity index (χ1) is 7.49. The molecule has 0 fully saturated rings. The summed E-state index contributed by atoms with van der Waals surface area (Å²) >= 11 is 1.26. The molecule has 0 bridgehead atoms. The first-order valence-corrected chi connectivity index (χ1v) is 5.45. The van der Waals surface area contributed by atoms with Crippen molar-refractivity contribution in [3.8, 4) is 0 Å². The molecule has 5 heteroatoms. The van der Waals surface area contributed by atoms with Crippen molar-refractivity contribution in [2.24, 2.45) is 0 Å². The number of rotatable bonds is 4. The fourth-order valence-electron chi connectivity index (χ4n) is 1.02. The van der Waals surface area contributed by atoms with Crippen molar-refractivity contribution in [2.45, 2.75) is 11.8 Å². The molecule has 0 aromatic heterocycles. The van der Waals surface area contributed by atoms with E-state index in [1.165, 1.54) is 17.8 Å². The molecule has 0 aliphatic rings. The Hall–Kier alpha value is -1.36. The molecule has 86 valence electrons. The summed E-state index contributed by atoms with van der Waals surface area (Å²) < 4.78 is 25.4. The van der Waals surface area contributed by atoms with Crippen LogP contribution in [0.2, 0.25) is 0 Å². The van der Waals surface area contributed by atoms with E-state index in [0.29, 0.717) is 16.2 Å². The van der Waals surface area contributed by atoms with Crippen LogP contribution in [-0.4, -0.2) is 16.8 Å². The highest BCUT2D eigenvalue weighted by atomic mass is 32.2. The van der Waals surface area contributed by atoms with Crippen molar-refractivity contribution in [1.82, 2.24) is 0 Å². The number of benzene rings is 1. The third-order valence-electron chi connectivity index (χ3n) is 1.73. The average molecular weight is 244 g/mol. The van der Waals surface area contributed by atoms with E-state index < -0.39 is 17.6 Å². The standard InChI is InChI=1S/C11H10F2O2S/c1-7(4-11(14)15)6-16-8-2-3-9(12)10(13)5-8/h2-5H,6H2,1H3,(H,14,15). The second-order valence-corrected chi connectivity index (χ2v) is 4.24. The normalized spacial score (nSPS) is 11.6. The number of hydrogen-bond donors (Lipinski definition) is 1. The smallest absolute Gasteiger partial charge is 0.328 e. The van der Waals surface area contributed by atoms with E-state index in [-0.39, 0.29) is 0 Å². The van der Waals surface area contributed by atoms with Crippen molar-refractivity contribution >= 4 is 17.7 Å². The van der Waals surface area contributed by atoms with Crippen LogP contribution in [0.15, 0.2) is 34.7 Å². The van der Waals surface area contributed by atoms with E-state index in [9.17, 15) is 13.6 Å². The summed E-state index contributed by atoms with van der Waals surface area (Å²) in [6, 6.07) is 3.60. The third kappa shape index (κ3) is 4.02. The first-order valence-electron chi connectivity index (χ1n) is 4.47. The highest BCUT2D eigenvalue weighted by molar-refractivity contribution is 7.99. The maximum atomic E-state index is 12.8. The Morgan fingerprint density at radius 2 is 2.12 bits per heavy atom. The summed E-state index contributed by atoms with van der Waals surface area (Å²) in [6.07, 6.45) is 1.09. The summed E-state index contributed by atoms with van der Waals surface area (Å²) in [4.78, 5) is 10.9. The van der Waals surface area contributed by atoms with Gasteiger partial charge in [-0.3, -0.25) is 0 Å². The number of halogens is 2. The zero-order valence-electron chi connectivity index (χ0n) is 8.54. The Morgan fingerprint density at radius 1 is 1.44 bits per heavy atom. The fraction of sp³-hybridized carbons (Fsp3) is 0.182. The van der Waals surface area contributed by atoms with Gasteiger partial charge in [-0.15, -0.1) is 11.8 Å². The van der Waals surface area contributed by atoms with Gasteiger partial charge in [0.15, 0.2) is 11.6 Å². The molecule has 0 amide bonds. The Bertz CT molecular complexity index is 430. The number of hydrogen-bond acceptors (Lipinski definition) is 2. The molecular weight excluding hydrogens is 234 g/mol. The van der Waals surface area contributed by atoms with Gasteiger partial charge in [-0.2, -0.15) is 0 Å². The van der Waals surface area contributed by atoms with Crippen molar-refractivity contribution < 1.29 is 18.7 Å². The van der Waals surface area contributed by atoms with Crippen LogP contribution >= 0.6 is 11.8 Å². The molecule has 1 N–H and O–H groups in total. The lowest BCUT2D eigenvalue weighted by Gasteiger charge is -2.02. The number of carbonyl (C=O) groups is 1. The van der Waals surface area contributed by atoms with Crippen LogP contribution in [0.3, 0.4) is 0 Å². The average Bonchev–Trinajstić information content (AvgIpc) is 2.19. The molecule has 0 saturated carbocycles. The van der Waals surface area contributed by atoms with Gasteiger partial charge >= 0.3 is 5.97 Å². The number of thioether (sulfide) groups is 1. The van der Waals surface area contributed by atoms with Gasteiger partial charge in [0.25, 0.3) is 0 Å². The molecule has 16 heavy (non-hydrogen) atoms. The minimum Gasteiger partial charge on any atom is -0.478 e. The predicted octanol–water partition coefficient (Wildman–Crippen LogP) is 3.09. The summed E-state index contributed by atoms with van der Waals surface area (Å²) in [5, 5.41) is 8.47. The van der Waals surface area contributed by atoms with Gasteiger partial charge in [0.1, 0.15) is 0 Å². The Morgan fingerprint density at radius 3 is 2.69 bits per heavy atom. The van der Waals surface area contributed by atoms with Crippen LogP contribution in [0.1, 0.15) is 6.92 Å². The van der Waals surface area contributed by atoms with Crippen molar-refractivity contribution in [3.63, 3.8) is 0 Å². The second kappa shape index (κ2) is 5.65. The molecule has 0 heterocycles. The van der Waals surface area contributed by atoms with E-state index in [1.54, 1.807) is 6.92 Å². The zero-order valence-corrected chi connectivity index (χ0v) is 9.35. The van der Waals surface area contributed by atoms with E-state index >= 15 is 0 Å². The second-order valence-electron chi connectivity index (χ2n) is 3.19. The lowest BCUT2D eigenvalue weighted by molar-refractivity contribution is -0.131. The van der Waals surface area contributed by atoms with Crippen LogP contribution < -0.4 is 0 Å². The van der Waals surface area contributed by atoms with Crippen molar-refractivity contribution in [3.05, 3.63) is 41.5 Å². The molecule has 1 aromatic rings. The molecule has 0 saturated heterocycles. The highest BCUT2D eigenvalue weighted by Crippen LogP contribution is 2.22. The summed E-state index contributed by atoms with van der Waals surface area (Å²) in [5.74, 6) is -2.37. The molecule has 0 aliphatic carbocycles. The molecule has 0 atom stereocenters. The van der Waals surface area contributed by atoms with E-state index in [1.807, 2.05) is 0 Å². The highest BCUT2D eigenvalue weighted by Gasteiger charge is 2.03. The van der Waals surface area contributed by atoms with Gasteiger partial charge in [0.2, 0.25) is 0 Å². The molecule has 0 aliphatic heterocycles.